The van der Waals surface area contributed by atoms with E-state index in [0.29, 0.717) is 13.0 Å². The van der Waals surface area contributed by atoms with Gasteiger partial charge in [-0.1, -0.05) is 37.3 Å². The van der Waals surface area contributed by atoms with Crippen molar-refractivity contribution in [3.05, 3.63) is 47.8 Å². The number of anilines is 1. The van der Waals surface area contributed by atoms with Gasteiger partial charge >= 0.3 is 12.1 Å². The summed E-state index contributed by atoms with van der Waals surface area (Å²) in [4.78, 5) is 45.7. The van der Waals surface area contributed by atoms with Crippen LogP contribution in [0.3, 0.4) is 0 Å². The molecule has 2 unspecified atom stereocenters. The van der Waals surface area contributed by atoms with Crippen LogP contribution in [0.15, 0.2) is 36.5 Å². The van der Waals surface area contributed by atoms with Crippen LogP contribution in [0.2, 0.25) is 0 Å². The monoisotopic (exact) mass is 444 g/mol. The van der Waals surface area contributed by atoms with Crippen LogP contribution in [-0.4, -0.2) is 58.1 Å². The number of imidazole rings is 1. The third-order valence-electron chi connectivity index (χ3n) is 5.58. The Morgan fingerprint density at radius 3 is 2.59 bits per heavy atom. The number of nitrogens with two attached hydrogens (primary N) is 3. The minimum absolute atomic E-state index is 0.0395. The highest BCUT2D eigenvalue weighted by molar-refractivity contribution is 5.92. The number of alkyl carbamates (subject to hydrolysis) is 1. The predicted molar refractivity (Wildman–Crippen MR) is 116 cm³/mol. The molecule has 9 N–H and O–H groups in total. The smallest absolute Gasteiger partial charge is 0.407 e. The summed E-state index contributed by atoms with van der Waals surface area (Å²) < 4.78 is 5.32. The van der Waals surface area contributed by atoms with Gasteiger partial charge in [0.25, 0.3) is 5.91 Å². The van der Waals surface area contributed by atoms with E-state index in [1.54, 1.807) is 0 Å². The van der Waals surface area contributed by atoms with E-state index in [-0.39, 0.29) is 24.8 Å². The van der Waals surface area contributed by atoms with E-state index < -0.39 is 35.7 Å². The topological polar surface area (TPSA) is 194 Å². The van der Waals surface area contributed by atoms with E-state index in [4.69, 9.17) is 21.9 Å². The first-order valence-electron chi connectivity index (χ1n) is 10.2. The first-order valence-corrected chi connectivity index (χ1v) is 10.2. The number of nitrogen functional groups attached to an aromatic ring is 1. The molecule has 0 radical (unpaired) electrons. The second-order valence-corrected chi connectivity index (χ2v) is 7.46. The number of aromatic nitrogens is 2. The Morgan fingerprint density at radius 2 is 2.03 bits per heavy atom. The Morgan fingerprint density at radius 1 is 1.31 bits per heavy atom. The molecule has 3 rings (SSSR count). The Balaban J connectivity index is 1.91. The molecule has 3 atom stereocenters. The second-order valence-electron chi connectivity index (χ2n) is 7.46. The molecule has 2 heterocycles. The quantitative estimate of drug-likeness (QED) is 0.338. The molecule has 0 saturated carbocycles. The Bertz CT molecular complexity index is 966. The van der Waals surface area contributed by atoms with Crippen molar-refractivity contribution in [2.24, 2.45) is 11.5 Å². The van der Waals surface area contributed by atoms with Crippen LogP contribution in [0.4, 0.5) is 15.5 Å². The van der Waals surface area contributed by atoms with Crippen LogP contribution in [0.5, 0.6) is 0 Å². The Hall–Kier alpha value is -3.80. The number of carbonyl (C=O) groups excluding carboxylic acids is 3. The van der Waals surface area contributed by atoms with Crippen molar-refractivity contribution < 1.29 is 19.1 Å². The maximum atomic E-state index is 12.9. The first-order chi connectivity index (χ1) is 15.3. The highest BCUT2D eigenvalue weighted by atomic mass is 16.5. The third kappa shape index (κ3) is 4.30. The molecule has 1 aromatic heterocycles. The van der Waals surface area contributed by atoms with Crippen LogP contribution in [-0.2, 0) is 21.7 Å². The van der Waals surface area contributed by atoms with Gasteiger partial charge in [-0.2, -0.15) is 0 Å². The molecule has 1 aliphatic rings. The molecule has 0 spiro atoms. The van der Waals surface area contributed by atoms with Gasteiger partial charge in [0.2, 0.25) is 0 Å². The average molecular weight is 444 g/mol. The Kier molecular flexibility index (Phi) is 6.83. The van der Waals surface area contributed by atoms with Crippen molar-refractivity contribution >= 4 is 24.0 Å². The molecule has 1 aliphatic heterocycles. The van der Waals surface area contributed by atoms with Crippen molar-refractivity contribution in [2.45, 2.75) is 37.6 Å². The summed E-state index contributed by atoms with van der Waals surface area (Å²) in [6.45, 7) is 2.33. The fourth-order valence-electron chi connectivity index (χ4n) is 4.14. The van der Waals surface area contributed by atoms with Gasteiger partial charge in [-0.05, 0) is 12.0 Å². The van der Waals surface area contributed by atoms with E-state index in [2.05, 4.69) is 20.6 Å². The standard InChI is InChI=1S/C20H28N8O4/c1-2-13(26-19(31)32-11-12-6-4-3-5-7-12)15-20(16(21)29,14-10-25-17(22)27-14)28(18(23)30)9-8-24-15/h3-7,10,13,15,24H,2,8-9,11H2,1H3,(H2,21,29)(H2,23,30)(H,26,31)(H3,22,25,27)/t13?,15?,20-/m0/s1. The van der Waals surface area contributed by atoms with Crippen LogP contribution in [0, 0.1) is 0 Å². The van der Waals surface area contributed by atoms with Gasteiger partial charge in [-0.3, -0.25) is 4.79 Å². The fraction of sp³-hybridized carbons (Fsp3) is 0.400. The lowest BCUT2D eigenvalue weighted by atomic mass is 9.77. The van der Waals surface area contributed by atoms with E-state index >= 15 is 0 Å². The second kappa shape index (κ2) is 9.56. The molecule has 1 saturated heterocycles. The molecule has 12 heteroatoms. The van der Waals surface area contributed by atoms with Crippen LogP contribution >= 0.6 is 0 Å². The molecule has 32 heavy (non-hydrogen) atoms. The number of hydrogen-bond acceptors (Lipinski definition) is 7. The Labute approximate surface area is 184 Å². The molecule has 0 aliphatic carbocycles. The summed E-state index contributed by atoms with van der Waals surface area (Å²) >= 11 is 0. The SMILES string of the molecule is CCC(NC(=O)OCc1ccccc1)C1NCCN(C(N)=O)[C@@]1(C(N)=O)c1cnc(N)[nH]1. The zero-order valence-electron chi connectivity index (χ0n) is 17.7. The maximum Gasteiger partial charge on any atom is 0.407 e. The average Bonchev–Trinajstić information content (AvgIpc) is 3.22. The molecule has 2 aromatic rings. The maximum absolute atomic E-state index is 12.9. The first kappa shape index (κ1) is 22.9. The minimum atomic E-state index is -1.76. The normalized spacial score (nSPS) is 21.5. The number of piperazine rings is 1. The van der Waals surface area contributed by atoms with Crippen molar-refractivity contribution in [3.63, 3.8) is 0 Å². The summed E-state index contributed by atoms with van der Waals surface area (Å²) in [5.41, 5.74) is 16.5. The summed E-state index contributed by atoms with van der Waals surface area (Å²) in [5.74, 6) is -0.812. The number of carbonyl (C=O) groups is 3. The van der Waals surface area contributed by atoms with E-state index in [0.717, 1.165) is 5.56 Å². The van der Waals surface area contributed by atoms with Gasteiger partial charge in [0, 0.05) is 13.1 Å². The summed E-state index contributed by atoms with van der Waals surface area (Å²) in [6, 6.07) is 6.87. The van der Waals surface area contributed by atoms with Gasteiger partial charge in [0.15, 0.2) is 11.5 Å². The lowest BCUT2D eigenvalue weighted by molar-refractivity contribution is -0.134. The molecule has 1 fully saturated rings. The molecular formula is C20H28N8O4. The van der Waals surface area contributed by atoms with Gasteiger partial charge < -0.3 is 42.5 Å². The molecule has 12 nitrogen and oxygen atoms in total. The van der Waals surface area contributed by atoms with Crippen molar-refractivity contribution in [2.75, 3.05) is 18.8 Å². The number of H-pyrrole nitrogens is 1. The van der Waals surface area contributed by atoms with Crippen molar-refractivity contribution in [1.29, 1.82) is 0 Å². The molecule has 172 valence electrons. The summed E-state index contributed by atoms with van der Waals surface area (Å²) in [7, 11) is 0. The fourth-order valence-corrected chi connectivity index (χ4v) is 4.14. The number of nitrogens with zero attached hydrogens (tertiary/aromatic N) is 2. The molecule has 0 bridgehead atoms. The number of benzene rings is 1. The zero-order chi connectivity index (χ0) is 23.3. The van der Waals surface area contributed by atoms with Gasteiger partial charge in [0.05, 0.1) is 24.0 Å². The van der Waals surface area contributed by atoms with Crippen LogP contribution < -0.4 is 27.8 Å². The highest BCUT2D eigenvalue weighted by Crippen LogP contribution is 2.36. The number of hydrogen-bond donors (Lipinski definition) is 6. The van der Waals surface area contributed by atoms with E-state index in [9.17, 15) is 14.4 Å². The van der Waals surface area contributed by atoms with Crippen LogP contribution in [0.25, 0.3) is 0 Å². The number of amides is 4. The number of ether oxygens (including phenoxy) is 1. The number of rotatable bonds is 7. The molecule has 1 aromatic carbocycles. The molecule has 4 amide bonds. The van der Waals surface area contributed by atoms with Crippen molar-refractivity contribution in [1.82, 2.24) is 25.5 Å². The third-order valence-corrected chi connectivity index (χ3v) is 5.58. The number of aromatic amines is 1. The zero-order valence-corrected chi connectivity index (χ0v) is 17.7. The van der Waals surface area contributed by atoms with Gasteiger partial charge in [-0.25, -0.2) is 14.6 Å². The summed E-state index contributed by atoms with van der Waals surface area (Å²) in [5, 5.41) is 5.98. The number of urea groups is 1. The summed E-state index contributed by atoms with van der Waals surface area (Å²) in [6.07, 6.45) is 1.04. The highest BCUT2D eigenvalue weighted by Gasteiger charge is 2.57. The largest absolute Gasteiger partial charge is 0.445 e. The van der Waals surface area contributed by atoms with Gasteiger partial charge in [0.1, 0.15) is 6.61 Å². The van der Waals surface area contributed by atoms with Crippen LogP contribution in [0.1, 0.15) is 24.6 Å². The lowest BCUT2D eigenvalue weighted by Gasteiger charge is -2.51. The van der Waals surface area contributed by atoms with Crippen molar-refractivity contribution in [3.8, 4) is 0 Å². The predicted octanol–water partition coefficient (Wildman–Crippen LogP) is -0.270. The number of nitrogens with one attached hydrogen (secondary N) is 3. The lowest BCUT2D eigenvalue weighted by Crippen LogP contribution is -2.76. The van der Waals surface area contributed by atoms with Gasteiger partial charge in [-0.15, -0.1) is 0 Å². The van der Waals surface area contributed by atoms with E-state index in [1.165, 1.54) is 11.1 Å². The van der Waals surface area contributed by atoms with E-state index in [1.807, 2.05) is 37.3 Å². The number of primary amides is 2. The minimum Gasteiger partial charge on any atom is -0.445 e. The molecular weight excluding hydrogens is 416 g/mol.